The van der Waals surface area contributed by atoms with Gasteiger partial charge in [0, 0.05) is 12.1 Å². The molecule has 0 aliphatic carbocycles. The molecule has 0 aliphatic heterocycles. The second kappa shape index (κ2) is 5.62. The molecule has 10 heteroatoms. The van der Waals surface area contributed by atoms with Crippen molar-refractivity contribution in [3.05, 3.63) is 29.6 Å². The third kappa shape index (κ3) is 3.80. The van der Waals surface area contributed by atoms with Crippen molar-refractivity contribution >= 4 is 21.3 Å². The molecule has 0 aliphatic rings. The Morgan fingerprint density at radius 3 is 2.59 bits per heavy atom. The van der Waals surface area contributed by atoms with Crippen LogP contribution in [0.25, 0.3) is 0 Å². The van der Waals surface area contributed by atoms with Crippen molar-refractivity contribution in [2.75, 3.05) is 0 Å². The summed E-state index contributed by atoms with van der Waals surface area (Å²) in [6, 6.07) is 3.13. The van der Waals surface area contributed by atoms with Crippen LogP contribution in [0.2, 0.25) is 0 Å². The predicted octanol–water partition coefficient (Wildman–Crippen LogP) is -0.796. The monoisotopic (exact) mass is 283 g/mol. The molecule has 0 heterocycles. The highest BCUT2D eigenvalue weighted by Gasteiger charge is 2.16. The molecule has 0 saturated carbocycles. The molecule has 96 valence electrons. The van der Waals surface area contributed by atoms with Crippen LogP contribution in [-0.2, 0) is 27.8 Å². The molecule has 1 atom stereocenters. The summed E-state index contributed by atoms with van der Waals surface area (Å²) in [4.78, 5) is 2.80. The van der Waals surface area contributed by atoms with Gasteiger partial charge in [0.15, 0.2) is 0 Å². The quantitative estimate of drug-likeness (QED) is 0.416. The van der Waals surface area contributed by atoms with Crippen molar-refractivity contribution < 1.29 is 21.6 Å². The predicted molar refractivity (Wildman–Crippen MR) is 58.5 cm³/mol. The third-order valence-electron chi connectivity index (χ3n) is 1.82. The van der Waals surface area contributed by atoms with E-state index in [9.17, 15) is 17.0 Å². The van der Waals surface area contributed by atoms with Gasteiger partial charge < -0.3 is 5.73 Å². The zero-order valence-corrected chi connectivity index (χ0v) is 10.0. The smallest absolute Gasteiger partial charge is 0.254 e. The minimum atomic E-state index is -4.10. The van der Waals surface area contributed by atoms with Crippen molar-refractivity contribution in [1.29, 1.82) is 0 Å². The number of sulfonamides is 1. The van der Waals surface area contributed by atoms with Crippen LogP contribution in [-0.4, -0.2) is 17.2 Å². The first kappa shape index (κ1) is 14.2. The van der Waals surface area contributed by atoms with Gasteiger partial charge in [-0.1, -0.05) is 6.07 Å². The van der Waals surface area contributed by atoms with Gasteiger partial charge in [0.05, 0.1) is 4.90 Å². The minimum Gasteiger partial charge on any atom is -0.326 e. The van der Waals surface area contributed by atoms with Gasteiger partial charge in [-0.25, -0.2) is 17.0 Å². The first-order valence-electron chi connectivity index (χ1n) is 4.23. The lowest BCUT2D eigenvalue weighted by Crippen LogP contribution is -2.38. The molecule has 1 unspecified atom stereocenters. The van der Waals surface area contributed by atoms with Crippen LogP contribution < -0.4 is 15.4 Å². The summed E-state index contributed by atoms with van der Waals surface area (Å²) in [6.07, 6.45) is 0. The summed E-state index contributed by atoms with van der Waals surface area (Å²) < 4.78 is 54.8. The van der Waals surface area contributed by atoms with E-state index in [2.05, 4.69) is 0 Å². The van der Waals surface area contributed by atoms with Crippen LogP contribution in [0.1, 0.15) is 5.56 Å². The van der Waals surface area contributed by atoms with Gasteiger partial charge in [-0.05, 0) is 12.1 Å². The Bertz CT molecular complexity index is 534. The lowest BCUT2D eigenvalue weighted by atomic mass is 10.2. The molecule has 1 aromatic rings. The topological polar surface area (TPSA) is 122 Å². The maximum atomic E-state index is 13.3. The number of nitrogens with one attached hydrogen (secondary N) is 2. The molecule has 5 N–H and O–H groups in total. The Morgan fingerprint density at radius 2 is 2.12 bits per heavy atom. The zero-order chi connectivity index (χ0) is 13.1. The Hall–Kier alpha value is -0.910. The summed E-state index contributed by atoms with van der Waals surface area (Å²) in [6.45, 7) is -0.0570. The van der Waals surface area contributed by atoms with E-state index in [-0.39, 0.29) is 17.0 Å². The van der Waals surface area contributed by atoms with Crippen LogP contribution >= 0.6 is 0 Å². The van der Waals surface area contributed by atoms with E-state index >= 15 is 0 Å². The second-order valence-electron chi connectivity index (χ2n) is 2.91. The van der Waals surface area contributed by atoms with E-state index in [1.54, 1.807) is 9.66 Å². The van der Waals surface area contributed by atoms with Gasteiger partial charge in [-0.3, -0.25) is 4.55 Å². The van der Waals surface area contributed by atoms with Crippen LogP contribution in [0.4, 0.5) is 4.39 Å². The second-order valence-corrected chi connectivity index (χ2v) is 5.30. The van der Waals surface area contributed by atoms with Gasteiger partial charge in [0.25, 0.3) is 10.0 Å². The Kier molecular flexibility index (Phi) is 4.68. The standard InChI is InChI=1S/C7H10FN3O4S2/c8-7-3-6(2-1-5(7)4-9)17(14,15)11-10-16(12)13/h1-3,10-11H,4,9H2,(H,12,13). The SMILES string of the molecule is NCc1ccc(S(=O)(=O)NNS(=O)O)cc1F. The molecule has 0 aromatic heterocycles. The normalized spacial score (nSPS) is 13.6. The first-order chi connectivity index (χ1) is 7.86. The van der Waals surface area contributed by atoms with Crippen molar-refractivity contribution in [2.24, 2.45) is 5.73 Å². The largest absolute Gasteiger partial charge is 0.326 e. The number of nitrogens with two attached hydrogens (primary N) is 1. The van der Waals surface area contributed by atoms with Crippen molar-refractivity contribution in [3.63, 3.8) is 0 Å². The highest BCUT2D eigenvalue weighted by atomic mass is 32.2. The maximum Gasteiger partial charge on any atom is 0.254 e. The lowest BCUT2D eigenvalue weighted by Gasteiger charge is -2.07. The highest BCUT2D eigenvalue weighted by Crippen LogP contribution is 2.13. The lowest BCUT2D eigenvalue weighted by molar-refractivity contribution is 0.535. The van der Waals surface area contributed by atoms with Crippen molar-refractivity contribution in [3.8, 4) is 0 Å². The Morgan fingerprint density at radius 1 is 1.47 bits per heavy atom. The van der Waals surface area contributed by atoms with Gasteiger partial charge in [-0.2, -0.15) is 0 Å². The van der Waals surface area contributed by atoms with Crippen LogP contribution in [0.15, 0.2) is 23.1 Å². The molecule has 0 amide bonds. The number of rotatable bonds is 5. The van der Waals surface area contributed by atoms with E-state index in [4.69, 9.17) is 10.3 Å². The van der Waals surface area contributed by atoms with Gasteiger partial charge in [0.2, 0.25) is 11.3 Å². The zero-order valence-electron chi connectivity index (χ0n) is 8.38. The Balaban J connectivity index is 2.99. The van der Waals surface area contributed by atoms with Crippen LogP contribution in [0, 0.1) is 5.82 Å². The molecular formula is C7H10FN3O4S2. The van der Waals surface area contributed by atoms with Crippen LogP contribution in [0.5, 0.6) is 0 Å². The molecular weight excluding hydrogens is 273 g/mol. The summed E-state index contributed by atoms with van der Waals surface area (Å²) in [5, 5.41) is 0. The summed E-state index contributed by atoms with van der Waals surface area (Å²) >= 11 is -2.55. The summed E-state index contributed by atoms with van der Waals surface area (Å²) in [7, 11) is -4.10. The maximum absolute atomic E-state index is 13.3. The number of hydrogen-bond acceptors (Lipinski definition) is 4. The summed E-state index contributed by atoms with van der Waals surface area (Å²) in [5.41, 5.74) is 5.39. The Labute approximate surface area is 99.6 Å². The molecule has 0 saturated heterocycles. The van der Waals surface area contributed by atoms with E-state index in [0.717, 1.165) is 12.1 Å². The minimum absolute atomic E-state index is 0.0570. The number of hydrogen-bond donors (Lipinski definition) is 4. The van der Waals surface area contributed by atoms with Gasteiger partial charge in [0.1, 0.15) is 5.82 Å². The van der Waals surface area contributed by atoms with Crippen LogP contribution in [0.3, 0.4) is 0 Å². The average Bonchev–Trinajstić information content (AvgIpc) is 2.26. The fraction of sp³-hybridized carbons (Fsp3) is 0.143. The molecule has 0 fully saturated rings. The third-order valence-corrected chi connectivity index (χ3v) is 3.47. The van der Waals surface area contributed by atoms with Gasteiger partial charge >= 0.3 is 0 Å². The molecule has 17 heavy (non-hydrogen) atoms. The number of halogens is 1. The molecule has 7 nitrogen and oxygen atoms in total. The molecule has 0 bridgehead atoms. The van der Waals surface area contributed by atoms with Crippen molar-refractivity contribution in [1.82, 2.24) is 9.66 Å². The highest BCUT2D eigenvalue weighted by molar-refractivity contribution is 7.90. The average molecular weight is 283 g/mol. The number of hydrazine groups is 1. The molecule has 0 spiro atoms. The molecule has 1 rings (SSSR count). The first-order valence-corrected chi connectivity index (χ1v) is 6.82. The fourth-order valence-corrected chi connectivity index (χ4v) is 2.36. The van der Waals surface area contributed by atoms with E-state index in [1.165, 1.54) is 6.07 Å². The van der Waals surface area contributed by atoms with E-state index in [1.807, 2.05) is 0 Å². The van der Waals surface area contributed by atoms with E-state index < -0.39 is 27.1 Å². The number of benzene rings is 1. The van der Waals surface area contributed by atoms with Crippen molar-refractivity contribution in [2.45, 2.75) is 11.4 Å². The molecule has 0 radical (unpaired) electrons. The van der Waals surface area contributed by atoms with Gasteiger partial charge in [-0.15, -0.1) is 9.66 Å². The molecule has 1 aromatic carbocycles. The summed E-state index contributed by atoms with van der Waals surface area (Å²) in [5.74, 6) is -0.763. The van der Waals surface area contributed by atoms with E-state index in [0.29, 0.717) is 0 Å². The fourth-order valence-electron chi connectivity index (χ4n) is 1.01.